The summed E-state index contributed by atoms with van der Waals surface area (Å²) in [6, 6.07) is 4.00. The Morgan fingerprint density at radius 1 is 0.926 bits per heavy atom. The van der Waals surface area contributed by atoms with Crippen LogP contribution in [-0.2, 0) is 22.6 Å². The van der Waals surface area contributed by atoms with Gasteiger partial charge in [-0.05, 0) is 29.7 Å². The van der Waals surface area contributed by atoms with E-state index < -0.39 is 0 Å². The van der Waals surface area contributed by atoms with Crippen LogP contribution in [0, 0.1) is 0 Å². The Kier molecular flexibility index (Phi) is 6.21. The Balaban J connectivity index is 1.53. The van der Waals surface area contributed by atoms with Gasteiger partial charge in [-0.25, -0.2) is 0 Å². The first-order chi connectivity index (χ1) is 13.0. The maximum absolute atomic E-state index is 12.7. The molecule has 2 aliphatic rings. The van der Waals surface area contributed by atoms with Gasteiger partial charge in [0.25, 0.3) is 0 Å². The topological polar surface area (TPSA) is 62.3 Å². The third-order valence-corrected chi connectivity index (χ3v) is 5.53. The number of hydrogen-bond acceptors (Lipinski definition) is 5. The van der Waals surface area contributed by atoms with E-state index >= 15 is 0 Å². The van der Waals surface area contributed by atoms with Gasteiger partial charge in [0, 0.05) is 59.2 Å². The highest BCUT2D eigenvalue weighted by Crippen LogP contribution is 2.33. The van der Waals surface area contributed by atoms with Gasteiger partial charge in [0.05, 0.1) is 14.2 Å². The summed E-state index contributed by atoms with van der Waals surface area (Å²) < 4.78 is 10.8. The van der Waals surface area contributed by atoms with E-state index in [2.05, 4.69) is 4.90 Å². The molecule has 0 spiro atoms. The standard InChI is InChI=1S/C20H29N3O4/c1-15(24)22-10-8-21(9-11-22)6-5-20(25)23-7-4-16-12-18(26-2)19(27-3)13-17(16)14-23/h12-13H,4-11,14H2,1-3H3. The number of carbonyl (C=O) groups is 2. The zero-order valence-electron chi connectivity index (χ0n) is 16.5. The molecule has 1 aromatic carbocycles. The van der Waals surface area contributed by atoms with Crippen molar-refractivity contribution in [2.75, 3.05) is 53.5 Å². The molecule has 1 aromatic rings. The fourth-order valence-electron chi connectivity index (χ4n) is 3.79. The van der Waals surface area contributed by atoms with Crippen molar-refractivity contribution in [1.29, 1.82) is 0 Å². The second kappa shape index (κ2) is 8.61. The summed E-state index contributed by atoms with van der Waals surface area (Å²) in [4.78, 5) is 30.1. The highest BCUT2D eigenvalue weighted by Gasteiger charge is 2.24. The molecule has 2 amide bonds. The van der Waals surface area contributed by atoms with Crippen molar-refractivity contribution in [3.05, 3.63) is 23.3 Å². The van der Waals surface area contributed by atoms with Crippen molar-refractivity contribution in [2.45, 2.75) is 26.3 Å². The summed E-state index contributed by atoms with van der Waals surface area (Å²) in [5.41, 5.74) is 2.35. The van der Waals surface area contributed by atoms with Crippen LogP contribution in [0.25, 0.3) is 0 Å². The van der Waals surface area contributed by atoms with E-state index in [9.17, 15) is 9.59 Å². The number of nitrogens with zero attached hydrogens (tertiary/aromatic N) is 3. The molecule has 0 bridgehead atoms. The molecule has 0 radical (unpaired) electrons. The number of amides is 2. The minimum absolute atomic E-state index is 0.129. The van der Waals surface area contributed by atoms with Gasteiger partial charge in [-0.15, -0.1) is 0 Å². The molecular formula is C20H29N3O4. The third kappa shape index (κ3) is 4.53. The Morgan fingerprint density at radius 2 is 1.56 bits per heavy atom. The number of fused-ring (bicyclic) bond motifs is 1. The van der Waals surface area contributed by atoms with Gasteiger partial charge in [0.2, 0.25) is 11.8 Å². The van der Waals surface area contributed by atoms with E-state index in [0.717, 1.165) is 57.0 Å². The van der Waals surface area contributed by atoms with E-state index in [1.807, 2.05) is 21.9 Å². The lowest BCUT2D eigenvalue weighted by molar-refractivity contribution is -0.134. The fourth-order valence-corrected chi connectivity index (χ4v) is 3.79. The van der Waals surface area contributed by atoms with E-state index in [4.69, 9.17) is 9.47 Å². The Morgan fingerprint density at radius 3 is 2.15 bits per heavy atom. The monoisotopic (exact) mass is 375 g/mol. The molecule has 1 saturated heterocycles. The van der Waals surface area contributed by atoms with Crippen molar-refractivity contribution < 1.29 is 19.1 Å². The van der Waals surface area contributed by atoms with Crippen molar-refractivity contribution >= 4 is 11.8 Å². The second-order valence-corrected chi connectivity index (χ2v) is 7.14. The predicted molar refractivity (Wildman–Crippen MR) is 102 cm³/mol. The summed E-state index contributed by atoms with van der Waals surface area (Å²) in [6.07, 6.45) is 1.35. The molecule has 7 nitrogen and oxygen atoms in total. The smallest absolute Gasteiger partial charge is 0.224 e. The van der Waals surface area contributed by atoms with E-state index in [1.54, 1.807) is 21.1 Å². The maximum atomic E-state index is 12.7. The summed E-state index contributed by atoms with van der Waals surface area (Å²) >= 11 is 0. The van der Waals surface area contributed by atoms with E-state index in [0.29, 0.717) is 18.7 Å². The SMILES string of the molecule is COc1cc2c(cc1OC)CN(C(=O)CCN1CCN(C(C)=O)CC1)CC2. The van der Waals surface area contributed by atoms with Gasteiger partial charge in [0.1, 0.15) is 0 Å². The number of carbonyl (C=O) groups excluding carboxylic acids is 2. The minimum Gasteiger partial charge on any atom is -0.493 e. The molecular weight excluding hydrogens is 346 g/mol. The number of piperazine rings is 1. The number of hydrogen-bond donors (Lipinski definition) is 0. The molecule has 7 heteroatoms. The largest absolute Gasteiger partial charge is 0.493 e. The van der Waals surface area contributed by atoms with Crippen LogP contribution in [0.2, 0.25) is 0 Å². The molecule has 0 N–H and O–H groups in total. The zero-order valence-corrected chi connectivity index (χ0v) is 16.5. The quantitative estimate of drug-likeness (QED) is 0.772. The normalized spacial score (nSPS) is 17.4. The molecule has 1 fully saturated rings. The molecule has 0 unspecified atom stereocenters. The number of benzene rings is 1. The lowest BCUT2D eigenvalue weighted by Crippen LogP contribution is -2.48. The summed E-state index contributed by atoms with van der Waals surface area (Å²) in [6.45, 7) is 6.90. The summed E-state index contributed by atoms with van der Waals surface area (Å²) in [5, 5.41) is 0. The predicted octanol–water partition coefficient (Wildman–Crippen LogP) is 1.14. The van der Waals surface area contributed by atoms with Crippen LogP contribution >= 0.6 is 0 Å². The van der Waals surface area contributed by atoms with Crippen LogP contribution < -0.4 is 9.47 Å². The van der Waals surface area contributed by atoms with Gasteiger partial charge in [-0.3, -0.25) is 14.5 Å². The number of rotatable bonds is 5. The van der Waals surface area contributed by atoms with Crippen LogP contribution in [0.3, 0.4) is 0 Å². The lowest BCUT2D eigenvalue weighted by atomic mass is 9.98. The minimum atomic E-state index is 0.129. The van der Waals surface area contributed by atoms with Crippen LogP contribution in [0.5, 0.6) is 11.5 Å². The average Bonchev–Trinajstić information content (AvgIpc) is 2.70. The molecule has 0 saturated carbocycles. The van der Waals surface area contributed by atoms with Crippen LogP contribution in [0.15, 0.2) is 12.1 Å². The number of ether oxygens (including phenoxy) is 2. The maximum Gasteiger partial charge on any atom is 0.224 e. The van der Waals surface area contributed by atoms with Crippen molar-refractivity contribution in [3.63, 3.8) is 0 Å². The summed E-state index contributed by atoms with van der Waals surface area (Å²) in [5.74, 6) is 1.75. The molecule has 2 aliphatic heterocycles. The van der Waals surface area contributed by atoms with Crippen molar-refractivity contribution in [3.8, 4) is 11.5 Å². The van der Waals surface area contributed by atoms with E-state index in [-0.39, 0.29) is 11.8 Å². The first-order valence-corrected chi connectivity index (χ1v) is 9.51. The van der Waals surface area contributed by atoms with Gasteiger partial charge >= 0.3 is 0 Å². The van der Waals surface area contributed by atoms with Crippen molar-refractivity contribution in [2.24, 2.45) is 0 Å². The molecule has 0 aliphatic carbocycles. The van der Waals surface area contributed by atoms with Crippen LogP contribution in [0.1, 0.15) is 24.5 Å². The Hall–Kier alpha value is -2.28. The Bertz CT molecular complexity index is 699. The molecule has 27 heavy (non-hydrogen) atoms. The molecule has 0 aromatic heterocycles. The Labute approximate surface area is 160 Å². The highest BCUT2D eigenvalue weighted by atomic mass is 16.5. The average molecular weight is 375 g/mol. The highest BCUT2D eigenvalue weighted by molar-refractivity contribution is 5.77. The molecule has 0 atom stereocenters. The first-order valence-electron chi connectivity index (χ1n) is 9.51. The van der Waals surface area contributed by atoms with Gasteiger partial charge in [-0.1, -0.05) is 0 Å². The van der Waals surface area contributed by atoms with Crippen LogP contribution in [0.4, 0.5) is 0 Å². The lowest BCUT2D eigenvalue weighted by Gasteiger charge is -2.35. The van der Waals surface area contributed by atoms with Crippen LogP contribution in [-0.4, -0.2) is 80.0 Å². The summed E-state index contributed by atoms with van der Waals surface area (Å²) in [7, 11) is 3.26. The molecule has 3 rings (SSSR count). The third-order valence-electron chi connectivity index (χ3n) is 5.53. The zero-order chi connectivity index (χ0) is 19.4. The van der Waals surface area contributed by atoms with Gasteiger partial charge in [0.15, 0.2) is 11.5 Å². The van der Waals surface area contributed by atoms with Crippen molar-refractivity contribution in [1.82, 2.24) is 14.7 Å². The second-order valence-electron chi connectivity index (χ2n) is 7.14. The van der Waals surface area contributed by atoms with E-state index in [1.165, 1.54) is 5.56 Å². The first kappa shape index (κ1) is 19.5. The van der Waals surface area contributed by atoms with Gasteiger partial charge < -0.3 is 19.3 Å². The number of methoxy groups -OCH3 is 2. The molecule has 148 valence electrons. The fraction of sp³-hybridized carbons (Fsp3) is 0.600. The molecule has 2 heterocycles. The van der Waals surface area contributed by atoms with Gasteiger partial charge in [-0.2, -0.15) is 0 Å².